The number of carbonyl (C=O) groups excluding carboxylic acids is 2. The number of rotatable bonds is 9. The minimum Gasteiger partial charge on any atom is -0.496 e. The molecule has 180 valence electrons. The van der Waals surface area contributed by atoms with Crippen LogP contribution in [0.15, 0.2) is 30.3 Å². The average Bonchev–Trinajstić information content (AvgIpc) is 2.74. The predicted octanol–water partition coefficient (Wildman–Crippen LogP) is 6.02. The van der Waals surface area contributed by atoms with E-state index in [9.17, 15) is 9.59 Å². The third-order valence-electron chi connectivity index (χ3n) is 4.89. The Kier molecular flexibility index (Phi) is 9.25. The van der Waals surface area contributed by atoms with E-state index < -0.39 is 17.5 Å². The van der Waals surface area contributed by atoms with Crippen molar-refractivity contribution >= 4 is 35.2 Å². The molecule has 7 nitrogen and oxygen atoms in total. The number of nitrogens with one attached hydrogen (secondary N) is 2. The second kappa shape index (κ2) is 11.5. The number of esters is 1. The molecule has 0 aliphatic carbocycles. The highest BCUT2D eigenvalue weighted by atomic mass is 35.5. The summed E-state index contributed by atoms with van der Waals surface area (Å²) >= 11 is 13.0. The van der Waals surface area contributed by atoms with Crippen LogP contribution in [0.2, 0.25) is 10.0 Å². The molecule has 2 rings (SSSR count). The van der Waals surface area contributed by atoms with Crippen LogP contribution in [-0.4, -0.2) is 32.3 Å². The molecule has 0 spiro atoms. The van der Waals surface area contributed by atoms with E-state index in [0.717, 1.165) is 11.3 Å². The Morgan fingerprint density at radius 1 is 1.09 bits per heavy atom. The summed E-state index contributed by atoms with van der Waals surface area (Å²) in [6.07, 6.45) is 0. The largest absolute Gasteiger partial charge is 0.496 e. The van der Waals surface area contributed by atoms with Crippen molar-refractivity contribution in [1.29, 1.82) is 0 Å². The van der Waals surface area contributed by atoms with Gasteiger partial charge in [0.1, 0.15) is 18.0 Å². The van der Waals surface area contributed by atoms with Crippen molar-refractivity contribution in [3.63, 3.8) is 0 Å². The fraction of sp³-hybridized carbons (Fsp3) is 0.417. The molecular weight excluding hydrogens is 467 g/mol. The normalized spacial score (nSPS) is 11.2. The monoisotopic (exact) mass is 496 g/mol. The Balaban J connectivity index is 2.20. The fourth-order valence-electron chi connectivity index (χ4n) is 3.13. The zero-order chi connectivity index (χ0) is 24.8. The van der Waals surface area contributed by atoms with E-state index in [4.69, 9.17) is 37.4 Å². The predicted molar refractivity (Wildman–Crippen MR) is 130 cm³/mol. The highest BCUT2D eigenvalue weighted by molar-refractivity contribution is 6.37. The molecule has 0 radical (unpaired) electrons. The van der Waals surface area contributed by atoms with Gasteiger partial charge in [-0.05, 0) is 62.6 Å². The molecule has 2 N–H and O–H groups in total. The molecule has 0 aliphatic heterocycles. The van der Waals surface area contributed by atoms with Crippen molar-refractivity contribution in [2.75, 3.05) is 20.3 Å². The summed E-state index contributed by atoms with van der Waals surface area (Å²) in [5, 5.41) is 5.85. The lowest BCUT2D eigenvalue weighted by atomic mass is 9.94. The highest BCUT2D eigenvalue weighted by Gasteiger charge is 2.26. The van der Waals surface area contributed by atoms with Gasteiger partial charge in [-0.3, -0.25) is 4.79 Å². The summed E-state index contributed by atoms with van der Waals surface area (Å²) in [5.41, 5.74) is 0.821. The molecule has 2 amide bonds. The number of ether oxygens (including phenoxy) is 3. The maximum absolute atomic E-state index is 12.2. The van der Waals surface area contributed by atoms with Crippen molar-refractivity contribution in [3.8, 4) is 17.2 Å². The van der Waals surface area contributed by atoms with Crippen LogP contribution in [0.3, 0.4) is 0 Å². The smallest absolute Gasteiger partial charge is 0.325 e. The van der Waals surface area contributed by atoms with Crippen LogP contribution in [0.25, 0.3) is 0 Å². The number of urea groups is 1. The molecule has 9 heteroatoms. The van der Waals surface area contributed by atoms with Crippen LogP contribution >= 0.6 is 23.2 Å². The second-order valence-corrected chi connectivity index (χ2v) is 8.98. The Morgan fingerprint density at radius 2 is 1.73 bits per heavy atom. The van der Waals surface area contributed by atoms with Crippen molar-refractivity contribution in [2.45, 2.75) is 46.1 Å². The Morgan fingerprint density at radius 3 is 2.27 bits per heavy atom. The van der Waals surface area contributed by atoms with Crippen LogP contribution in [0.1, 0.15) is 51.7 Å². The van der Waals surface area contributed by atoms with Gasteiger partial charge in [-0.25, -0.2) is 4.79 Å². The lowest BCUT2D eigenvalue weighted by molar-refractivity contribution is -0.141. The topological polar surface area (TPSA) is 85.9 Å². The number of halogens is 2. The van der Waals surface area contributed by atoms with Gasteiger partial charge in [0.2, 0.25) is 0 Å². The Bertz CT molecular complexity index is 985. The minimum atomic E-state index is -0.838. The van der Waals surface area contributed by atoms with E-state index in [0.29, 0.717) is 27.1 Å². The highest BCUT2D eigenvalue weighted by Crippen LogP contribution is 2.41. The third kappa shape index (κ3) is 7.17. The molecule has 0 heterocycles. The van der Waals surface area contributed by atoms with Crippen molar-refractivity contribution in [3.05, 3.63) is 51.5 Å². The first kappa shape index (κ1) is 26.6. The minimum absolute atomic E-state index is 0.232. The van der Waals surface area contributed by atoms with E-state index >= 15 is 0 Å². The summed E-state index contributed by atoms with van der Waals surface area (Å²) < 4.78 is 16.2. The Labute approximate surface area is 204 Å². The van der Waals surface area contributed by atoms with Crippen LogP contribution in [0.4, 0.5) is 4.79 Å². The third-order valence-corrected chi connectivity index (χ3v) is 5.45. The molecule has 0 aromatic heterocycles. The van der Waals surface area contributed by atoms with E-state index in [1.807, 2.05) is 12.1 Å². The van der Waals surface area contributed by atoms with Gasteiger partial charge < -0.3 is 24.8 Å². The van der Waals surface area contributed by atoms with Crippen molar-refractivity contribution in [1.82, 2.24) is 10.6 Å². The van der Waals surface area contributed by atoms with E-state index in [1.54, 1.807) is 46.1 Å². The van der Waals surface area contributed by atoms with E-state index in [-0.39, 0.29) is 19.1 Å². The molecule has 0 atom stereocenters. The SMILES string of the molecule is CCOC(=O)CNC(=O)NC(C)(C)c1cc(Cl)c(Oc2ccc(OC)c(C(C)C)c2)c(Cl)c1. The van der Waals surface area contributed by atoms with E-state index in [2.05, 4.69) is 24.5 Å². The molecule has 0 saturated heterocycles. The summed E-state index contributed by atoms with van der Waals surface area (Å²) in [6, 6.07) is 8.35. The number of hydrogen-bond acceptors (Lipinski definition) is 5. The molecule has 0 saturated carbocycles. The van der Waals surface area contributed by atoms with Gasteiger partial charge in [0.25, 0.3) is 0 Å². The quantitative estimate of drug-likeness (QED) is 0.414. The molecule has 0 aliphatic rings. The van der Waals surface area contributed by atoms with Crippen LogP contribution < -0.4 is 20.1 Å². The fourth-order valence-corrected chi connectivity index (χ4v) is 3.69. The van der Waals surface area contributed by atoms with Gasteiger partial charge >= 0.3 is 12.0 Å². The van der Waals surface area contributed by atoms with Crippen molar-refractivity contribution in [2.24, 2.45) is 0 Å². The van der Waals surface area contributed by atoms with E-state index in [1.165, 1.54) is 0 Å². The maximum atomic E-state index is 12.2. The zero-order valence-corrected chi connectivity index (χ0v) is 21.2. The number of benzene rings is 2. The first-order valence-electron chi connectivity index (χ1n) is 10.5. The van der Waals surface area contributed by atoms with Gasteiger partial charge in [0, 0.05) is 5.56 Å². The van der Waals surface area contributed by atoms with Crippen LogP contribution in [-0.2, 0) is 15.1 Å². The molecule has 0 fully saturated rings. The standard InChI is InChI=1S/C24H30Cl2N2O5/c1-7-32-21(29)13-27-23(30)28-24(4,5)15-10-18(25)22(19(26)11-15)33-16-8-9-20(31-6)17(12-16)14(2)3/h8-12,14H,7,13H2,1-6H3,(H2,27,28,30). The molecule has 33 heavy (non-hydrogen) atoms. The van der Waals surface area contributed by atoms with Gasteiger partial charge in [0.15, 0.2) is 5.75 Å². The van der Waals surface area contributed by atoms with Crippen LogP contribution in [0.5, 0.6) is 17.2 Å². The molecule has 0 bridgehead atoms. The molecule has 2 aromatic rings. The van der Waals surface area contributed by atoms with Gasteiger partial charge in [0.05, 0.1) is 29.3 Å². The summed E-state index contributed by atoms with van der Waals surface area (Å²) in [6.45, 7) is 9.41. The molecule has 0 unspecified atom stereocenters. The number of carbonyl (C=O) groups is 2. The molecular formula is C24H30Cl2N2O5. The van der Waals surface area contributed by atoms with Crippen LogP contribution in [0, 0.1) is 0 Å². The first-order chi connectivity index (χ1) is 15.5. The number of amides is 2. The summed E-state index contributed by atoms with van der Waals surface area (Å²) in [7, 11) is 1.63. The van der Waals surface area contributed by atoms with Gasteiger partial charge in [-0.2, -0.15) is 0 Å². The van der Waals surface area contributed by atoms with Gasteiger partial charge in [-0.1, -0.05) is 37.0 Å². The van der Waals surface area contributed by atoms with Gasteiger partial charge in [-0.15, -0.1) is 0 Å². The molecule has 2 aromatic carbocycles. The maximum Gasteiger partial charge on any atom is 0.325 e. The zero-order valence-electron chi connectivity index (χ0n) is 19.7. The van der Waals surface area contributed by atoms with Crippen molar-refractivity contribution < 1.29 is 23.8 Å². The average molecular weight is 497 g/mol. The first-order valence-corrected chi connectivity index (χ1v) is 11.3. The Hall–Kier alpha value is -2.64. The summed E-state index contributed by atoms with van der Waals surface area (Å²) in [4.78, 5) is 23.7. The lowest BCUT2D eigenvalue weighted by Crippen LogP contribution is -2.47. The lowest BCUT2D eigenvalue weighted by Gasteiger charge is -2.28. The second-order valence-electron chi connectivity index (χ2n) is 8.17. The summed E-state index contributed by atoms with van der Waals surface area (Å²) in [5.74, 6) is 1.38. The number of hydrogen-bond donors (Lipinski definition) is 2. The number of methoxy groups -OCH3 is 1.